The molecule has 3 aromatic rings. The third-order valence-electron chi connectivity index (χ3n) is 5.05. The summed E-state index contributed by atoms with van der Waals surface area (Å²) in [6.07, 6.45) is 0.731. The minimum atomic E-state index is -0.0313. The summed E-state index contributed by atoms with van der Waals surface area (Å²) in [4.78, 5) is 17.0. The Hall–Kier alpha value is -2.77. The van der Waals surface area contributed by atoms with E-state index in [-0.39, 0.29) is 5.91 Å². The number of anilines is 2. The van der Waals surface area contributed by atoms with Gasteiger partial charge in [0.15, 0.2) is 0 Å². The zero-order valence-electron chi connectivity index (χ0n) is 16.5. The van der Waals surface area contributed by atoms with Crippen molar-refractivity contribution in [3.05, 3.63) is 70.7 Å². The van der Waals surface area contributed by atoms with Crippen LogP contribution >= 0.6 is 11.3 Å². The van der Waals surface area contributed by atoms with Gasteiger partial charge in [0, 0.05) is 38.3 Å². The van der Waals surface area contributed by atoms with Crippen molar-refractivity contribution in [2.24, 2.45) is 0 Å². The molecule has 29 heavy (non-hydrogen) atoms. The van der Waals surface area contributed by atoms with E-state index in [9.17, 15) is 4.79 Å². The molecule has 1 aliphatic rings. The van der Waals surface area contributed by atoms with Crippen molar-refractivity contribution in [3.63, 3.8) is 0 Å². The van der Waals surface area contributed by atoms with E-state index >= 15 is 0 Å². The van der Waals surface area contributed by atoms with E-state index < -0.39 is 0 Å². The smallest absolute Gasteiger partial charge is 0.240 e. The molecule has 2 heterocycles. The molecule has 1 amide bonds. The highest BCUT2D eigenvalue weighted by Crippen LogP contribution is 2.19. The highest BCUT2D eigenvalue weighted by molar-refractivity contribution is 7.15. The third kappa shape index (κ3) is 5.40. The van der Waals surface area contributed by atoms with E-state index in [4.69, 9.17) is 0 Å². The average Bonchev–Trinajstić information content (AvgIpc) is 3.16. The molecule has 6 nitrogen and oxygen atoms in total. The van der Waals surface area contributed by atoms with Gasteiger partial charge < -0.3 is 4.90 Å². The molecule has 0 unspecified atom stereocenters. The lowest BCUT2D eigenvalue weighted by Crippen LogP contribution is -2.48. The predicted molar refractivity (Wildman–Crippen MR) is 118 cm³/mol. The van der Waals surface area contributed by atoms with Gasteiger partial charge >= 0.3 is 0 Å². The molecular weight excluding hydrogens is 382 g/mol. The van der Waals surface area contributed by atoms with Crippen LogP contribution in [-0.4, -0.2) is 53.7 Å². The van der Waals surface area contributed by atoms with E-state index in [1.165, 1.54) is 28.2 Å². The second-order valence-electron chi connectivity index (χ2n) is 7.31. The van der Waals surface area contributed by atoms with Crippen LogP contribution in [0.15, 0.2) is 54.6 Å². The van der Waals surface area contributed by atoms with Gasteiger partial charge in [0.25, 0.3) is 0 Å². The lowest BCUT2D eigenvalue weighted by atomic mass is 10.2. The van der Waals surface area contributed by atoms with Gasteiger partial charge in [-0.1, -0.05) is 59.4 Å². The monoisotopic (exact) mass is 407 g/mol. The van der Waals surface area contributed by atoms with Crippen molar-refractivity contribution in [1.82, 2.24) is 15.1 Å². The van der Waals surface area contributed by atoms with Gasteiger partial charge in [-0.25, -0.2) is 0 Å². The summed E-state index contributed by atoms with van der Waals surface area (Å²) in [6.45, 7) is 6.08. The van der Waals surface area contributed by atoms with Crippen LogP contribution in [-0.2, 0) is 11.2 Å². The van der Waals surface area contributed by atoms with Crippen molar-refractivity contribution in [1.29, 1.82) is 0 Å². The van der Waals surface area contributed by atoms with Gasteiger partial charge in [0.2, 0.25) is 11.0 Å². The number of nitrogens with one attached hydrogen (secondary N) is 1. The number of carbonyl (C=O) groups excluding carboxylic acids is 1. The van der Waals surface area contributed by atoms with Crippen molar-refractivity contribution in [2.45, 2.75) is 13.3 Å². The summed E-state index contributed by atoms with van der Waals surface area (Å²) < 4.78 is 0. The van der Waals surface area contributed by atoms with Crippen LogP contribution < -0.4 is 10.2 Å². The molecule has 1 N–H and O–H groups in total. The molecule has 0 bridgehead atoms. The summed E-state index contributed by atoms with van der Waals surface area (Å²) in [7, 11) is 0. The van der Waals surface area contributed by atoms with E-state index in [1.807, 2.05) is 18.2 Å². The number of aryl methyl sites for hydroxylation is 1. The maximum absolute atomic E-state index is 12.4. The first-order valence-electron chi connectivity index (χ1n) is 9.86. The molecule has 0 radical (unpaired) electrons. The third-order valence-corrected chi connectivity index (χ3v) is 5.89. The second kappa shape index (κ2) is 9.15. The van der Waals surface area contributed by atoms with Crippen molar-refractivity contribution < 1.29 is 4.79 Å². The molecular formula is C22H25N5OS. The predicted octanol–water partition coefficient (Wildman–Crippen LogP) is 3.20. The lowest BCUT2D eigenvalue weighted by Gasteiger charge is -2.35. The van der Waals surface area contributed by atoms with Crippen LogP contribution in [0, 0.1) is 6.92 Å². The van der Waals surface area contributed by atoms with Gasteiger partial charge in [0.05, 0.1) is 6.54 Å². The number of aromatic nitrogens is 2. The molecule has 1 saturated heterocycles. The molecule has 0 aliphatic carbocycles. The van der Waals surface area contributed by atoms with Gasteiger partial charge in [-0.05, 0) is 24.6 Å². The summed E-state index contributed by atoms with van der Waals surface area (Å²) in [6, 6.07) is 18.8. The van der Waals surface area contributed by atoms with Gasteiger partial charge in [0.1, 0.15) is 5.01 Å². The second-order valence-corrected chi connectivity index (χ2v) is 8.37. The maximum atomic E-state index is 12.4. The first-order valence-corrected chi connectivity index (χ1v) is 10.7. The normalized spacial score (nSPS) is 14.7. The molecule has 2 aromatic carbocycles. The number of carbonyl (C=O) groups is 1. The average molecular weight is 408 g/mol. The molecule has 1 aromatic heterocycles. The Bertz CT molecular complexity index is 933. The Morgan fingerprint density at radius 2 is 1.72 bits per heavy atom. The summed E-state index contributed by atoms with van der Waals surface area (Å²) in [5.41, 5.74) is 3.71. The van der Waals surface area contributed by atoms with Crippen LogP contribution in [0.3, 0.4) is 0 Å². The molecule has 0 atom stereocenters. The molecule has 7 heteroatoms. The summed E-state index contributed by atoms with van der Waals surface area (Å²) >= 11 is 1.44. The zero-order chi connectivity index (χ0) is 20.1. The van der Waals surface area contributed by atoms with E-state index in [1.54, 1.807) is 0 Å². The Morgan fingerprint density at radius 3 is 2.45 bits per heavy atom. The Kier molecular flexibility index (Phi) is 6.17. The Labute approximate surface area is 175 Å². The van der Waals surface area contributed by atoms with E-state index in [0.29, 0.717) is 11.7 Å². The SMILES string of the molecule is Cc1ccc(N2CCN(CC(=O)Nc3nnc(Cc4ccccc4)s3)CC2)cc1. The van der Waals surface area contributed by atoms with Crippen LogP contribution in [0.1, 0.15) is 16.1 Å². The molecule has 1 fully saturated rings. The first kappa shape index (κ1) is 19.5. The van der Waals surface area contributed by atoms with Crippen LogP contribution in [0.4, 0.5) is 10.8 Å². The molecule has 4 rings (SSSR count). The summed E-state index contributed by atoms with van der Waals surface area (Å²) in [5.74, 6) is -0.0313. The van der Waals surface area contributed by atoms with Crippen LogP contribution in [0.2, 0.25) is 0 Å². The topological polar surface area (TPSA) is 61.4 Å². The number of piperazine rings is 1. The molecule has 150 valence electrons. The van der Waals surface area contributed by atoms with E-state index in [0.717, 1.165) is 37.6 Å². The highest BCUT2D eigenvalue weighted by Gasteiger charge is 2.20. The van der Waals surface area contributed by atoms with Gasteiger partial charge in [-0.2, -0.15) is 0 Å². The number of nitrogens with zero attached hydrogens (tertiary/aromatic N) is 4. The number of benzene rings is 2. The number of amides is 1. The highest BCUT2D eigenvalue weighted by atomic mass is 32.1. The van der Waals surface area contributed by atoms with Gasteiger partial charge in [-0.3, -0.25) is 15.0 Å². The van der Waals surface area contributed by atoms with Gasteiger partial charge in [-0.15, -0.1) is 10.2 Å². The number of rotatable bonds is 6. The zero-order valence-corrected chi connectivity index (χ0v) is 17.4. The Balaban J connectivity index is 1.24. The minimum absolute atomic E-state index is 0.0313. The molecule has 0 saturated carbocycles. The van der Waals surface area contributed by atoms with Crippen molar-refractivity contribution in [2.75, 3.05) is 42.9 Å². The fourth-order valence-corrected chi connectivity index (χ4v) is 4.22. The lowest BCUT2D eigenvalue weighted by molar-refractivity contribution is -0.117. The minimum Gasteiger partial charge on any atom is -0.369 e. The fourth-order valence-electron chi connectivity index (χ4n) is 3.43. The summed E-state index contributed by atoms with van der Waals surface area (Å²) in [5, 5.41) is 12.7. The fraction of sp³-hybridized carbons (Fsp3) is 0.318. The number of hydrogen-bond donors (Lipinski definition) is 1. The van der Waals surface area contributed by atoms with Crippen molar-refractivity contribution >= 4 is 28.1 Å². The van der Waals surface area contributed by atoms with Crippen LogP contribution in [0.25, 0.3) is 0 Å². The standard InChI is InChI=1S/C22H25N5OS/c1-17-7-9-19(10-8-17)27-13-11-26(12-14-27)16-20(28)23-22-25-24-21(29-22)15-18-5-3-2-4-6-18/h2-10H,11-16H2,1H3,(H,23,25,28). The number of hydrogen-bond acceptors (Lipinski definition) is 6. The largest absolute Gasteiger partial charge is 0.369 e. The quantitative estimate of drug-likeness (QED) is 0.680. The van der Waals surface area contributed by atoms with Crippen LogP contribution in [0.5, 0.6) is 0 Å². The molecule has 1 aliphatic heterocycles. The van der Waals surface area contributed by atoms with Crippen molar-refractivity contribution in [3.8, 4) is 0 Å². The Morgan fingerprint density at radius 1 is 1.00 bits per heavy atom. The first-order chi connectivity index (χ1) is 14.2. The van der Waals surface area contributed by atoms with E-state index in [2.05, 4.69) is 68.6 Å². The molecule has 0 spiro atoms. The maximum Gasteiger partial charge on any atom is 0.240 e.